The van der Waals surface area contributed by atoms with Gasteiger partial charge in [0.1, 0.15) is 17.1 Å². The molecule has 1 saturated heterocycles. The molecular weight excluding hydrogens is 616 g/mol. The highest BCUT2D eigenvalue weighted by Crippen LogP contribution is 2.56. The smallest absolute Gasteiger partial charge is 0.417 e. The number of alkyl halides is 3. The van der Waals surface area contributed by atoms with Crippen LogP contribution in [0.4, 0.5) is 18.9 Å². The van der Waals surface area contributed by atoms with Gasteiger partial charge in [0.15, 0.2) is 0 Å². The standard InChI is InChI=1S/C32H27Cl2F3N4O3/c1-2-43-30(42)25-12-21(32(35,36)37)20-11-19(5-6-24(20)39-25)41-9-7-31(8-10-41)13-18(14-31)26-28(40-44-29(26)17-3-4-17)27-22(33)15-38-16-23(27)34/h5-6,11-13,15-17H,2-4,7-10,14H2,1H3. The summed E-state index contributed by atoms with van der Waals surface area (Å²) < 4.78 is 52.9. The van der Waals surface area contributed by atoms with Gasteiger partial charge >= 0.3 is 12.1 Å². The van der Waals surface area contributed by atoms with Crippen molar-refractivity contribution in [2.24, 2.45) is 5.41 Å². The molecule has 7 rings (SSSR count). The van der Waals surface area contributed by atoms with Gasteiger partial charge < -0.3 is 14.2 Å². The van der Waals surface area contributed by atoms with E-state index >= 15 is 0 Å². The lowest BCUT2D eigenvalue weighted by atomic mass is 9.63. The van der Waals surface area contributed by atoms with Gasteiger partial charge in [0.2, 0.25) is 0 Å². The van der Waals surface area contributed by atoms with Crippen LogP contribution in [-0.2, 0) is 10.9 Å². The van der Waals surface area contributed by atoms with Crippen molar-refractivity contribution in [3.05, 3.63) is 75.4 Å². The number of nitrogens with zero attached hydrogens (tertiary/aromatic N) is 4. The molecule has 4 heterocycles. The van der Waals surface area contributed by atoms with Crippen LogP contribution in [0.5, 0.6) is 0 Å². The van der Waals surface area contributed by atoms with Gasteiger partial charge in [-0.2, -0.15) is 13.2 Å². The number of halogens is 5. The zero-order valence-corrected chi connectivity index (χ0v) is 25.2. The van der Waals surface area contributed by atoms with Crippen molar-refractivity contribution in [1.82, 2.24) is 15.1 Å². The molecule has 1 aliphatic heterocycles. The number of rotatable bonds is 6. The molecule has 12 heteroatoms. The molecule has 2 aliphatic carbocycles. The molecule has 3 aromatic heterocycles. The molecule has 1 saturated carbocycles. The lowest BCUT2D eigenvalue weighted by Gasteiger charge is -2.47. The number of piperidine rings is 1. The van der Waals surface area contributed by atoms with Crippen molar-refractivity contribution in [3.8, 4) is 11.3 Å². The number of carbonyl (C=O) groups excluding carboxylic acids is 1. The van der Waals surface area contributed by atoms with Crippen molar-refractivity contribution in [2.75, 3.05) is 24.6 Å². The van der Waals surface area contributed by atoms with E-state index in [0.29, 0.717) is 46.0 Å². The van der Waals surface area contributed by atoms with Crippen molar-refractivity contribution in [3.63, 3.8) is 0 Å². The van der Waals surface area contributed by atoms with Gasteiger partial charge in [-0.3, -0.25) is 4.98 Å². The van der Waals surface area contributed by atoms with Crippen LogP contribution in [0, 0.1) is 5.41 Å². The maximum Gasteiger partial charge on any atom is 0.417 e. The summed E-state index contributed by atoms with van der Waals surface area (Å²) in [5.74, 6) is 0.328. The van der Waals surface area contributed by atoms with Gasteiger partial charge in [-0.25, -0.2) is 9.78 Å². The lowest BCUT2D eigenvalue weighted by molar-refractivity contribution is -0.136. The molecule has 7 nitrogen and oxygen atoms in total. The van der Waals surface area contributed by atoms with E-state index in [1.807, 2.05) is 0 Å². The Morgan fingerprint density at radius 1 is 1.11 bits per heavy atom. The fourth-order valence-electron chi connectivity index (χ4n) is 6.41. The Labute approximate surface area is 261 Å². The second-order valence-electron chi connectivity index (χ2n) is 11.7. The molecule has 0 unspecified atom stereocenters. The molecule has 1 spiro atoms. The summed E-state index contributed by atoms with van der Waals surface area (Å²) in [6.45, 7) is 2.99. The maximum absolute atomic E-state index is 14.1. The monoisotopic (exact) mass is 642 g/mol. The topological polar surface area (TPSA) is 81.4 Å². The number of benzene rings is 1. The second-order valence-corrected chi connectivity index (χ2v) is 12.5. The third kappa shape index (κ3) is 5.11. The number of pyridine rings is 2. The summed E-state index contributed by atoms with van der Waals surface area (Å²) in [6, 6.07) is 5.60. The van der Waals surface area contributed by atoms with E-state index in [1.165, 1.54) is 12.1 Å². The molecule has 44 heavy (non-hydrogen) atoms. The summed E-state index contributed by atoms with van der Waals surface area (Å²) >= 11 is 13.0. The molecule has 0 radical (unpaired) electrons. The third-order valence-electron chi connectivity index (χ3n) is 8.81. The van der Waals surface area contributed by atoms with E-state index in [4.69, 9.17) is 32.5 Å². The van der Waals surface area contributed by atoms with E-state index in [2.05, 4.69) is 26.1 Å². The zero-order valence-electron chi connectivity index (χ0n) is 23.7. The molecule has 0 atom stereocenters. The first kappa shape index (κ1) is 29.1. The van der Waals surface area contributed by atoms with Gasteiger partial charge in [-0.05, 0) is 74.3 Å². The van der Waals surface area contributed by atoms with E-state index in [9.17, 15) is 18.0 Å². The Balaban J connectivity index is 1.14. The molecular formula is C32H27Cl2F3N4O3. The largest absolute Gasteiger partial charge is 0.461 e. The van der Waals surface area contributed by atoms with Gasteiger partial charge in [0.25, 0.3) is 0 Å². The molecule has 2 fully saturated rings. The number of esters is 1. The number of allylic oxidation sites excluding steroid dienone is 2. The summed E-state index contributed by atoms with van der Waals surface area (Å²) in [5.41, 5.74) is 2.88. The molecule has 0 amide bonds. The Bertz CT molecular complexity index is 1810. The van der Waals surface area contributed by atoms with Crippen LogP contribution in [0.15, 0.2) is 47.3 Å². The first-order valence-corrected chi connectivity index (χ1v) is 15.3. The minimum Gasteiger partial charge on any atom is -0.461 e. The van der Waals surface area contributed by atoms with Gasteiger partial charge in [-0.15, -0.1) is 0 Å². The lowest BCUT2D eigenvalue weighted by Crippen LogP contribution is -2.42. The van der Waals surface area contributed by atoms with Crippen molar-refractivity contribution in [2.45, 2.75) is 51.1 Å². The van der Waals surface area contributed by atoms with Crippen LogP contribution >= 0.6 is 23.2 Å². The number of aromatic nitrogens is 3. The quantitative estimate of drug-likeness (QED) is 0.194. The Morgan fingerprint density at radius 3 is 2.45 bits per heavy atom. The van der Waals surface area contributed by atoms with Crippen LogP contribution in [0.2, 0.25) is 10.0 Å². The number of ether oxygens (including phenoxy) is 1. The summed E-state index contributed by atoms with van der Waals surface area (Å²) in [6.07, 6.45) is 5.36. The van der Waals surface area contributed by atoms with Crippen LogP contribution in [0.1, 0.15) is 72.3 Å². The number of hydrogen-bond acceptors (Lipinski definition) is 7. The van der Waals surface area contributed by atoms with Gasteiger partial charge in [-0.1, -0.05) is 34.4 Å². The molecule has 0 bridgehead atoms. The Morgan fingerprint density at radius 2 is 1.82 bits per heavy atom. The normalized spacial score (nSPS) is 18.0. The van der Waals surface area contributed by atoms with Crippen LogP contribution < -0.4 is 4.90 Å². The SMILES string of the molecule is CCOC(=O)c1cc(C(F)(F)F)c2cc(N3CCC4(C=C(c5c(-c6c(Cl)cncc6Cl)noc5C5CC5)C4)CC3)ccc2n1. The molecule has 4 aromatic rings. The van der Waals surface area contributed by atoms with Crippen molar-refractivity contribution in [1.29, 1.82) is 0 Å². The Kier molecular flexibility index (Phi) is 7.12. The summed E-state index contributed by atoms with van der Waals surface area (Å²) in [7, 11) is 0. The minimum atomic E-state index is -4.66. The van der Waals surface area contributed by atoms with E-state index in [-0.39, 0.29) is 28.6 Å². The zero-order chi connectivity index (χ0) is 30.8. The van der Waals surface area contributed by atoms with E-state index < -0.39 is 17.7 Å². The summed E-state index contributed by atoms with van der Waals surface area (Å²) in [5, 5.41) is 5.17. The fourth-order valence-corrected chi connectivity index (χ4v) is 6.96. The summed E-state index contributed by atoms with van der Waals surface area (Å²) in [4.78, 5) is 22.5. The molecule has 228 valence electrons. The highest BCUT2D eigenvalue weighted by molar-refractivity contribution is 6.39. The van der Waals surface area contributed by atoms with Crippen molar-refractivity contribution >= 4 is 51.3 Å². The second kappa shape index (κ2) is 10.8. The Hall–Kier alpha value is -3.63. The van der Waals surface area contributed by atoms with Gasteiger partial charge in [0.05, 0.1) is 27.7 Å². The first-order chi connectivity index (χ1) is 21.1. The van der Waals surface area contributed by atoms with Crippen LogP contribution in [0.25, 0.3) is 27.7 Å². The minimum absolute atomic E-state index is 0.0168. The predicted octanol–water partition coefficient (Wildman–Crippen LogP) is 8.74. The highest BCUT2D eigenvalue weighted by atomic mass is 35.5. The van der Waals surface area contributed by atoms with Gasteiger partial charge in [0, 0.05) is 53.6 Å². The average Bonchev–Trinajstić information content (AvgIpc) is 3.74. The molecule has 1 aromatic carbocycles. The molecule has 0 N–H and O–H groups in total. The highest BCUT2D eigenvalue weighted by Gasteiger charge is 2.44. The van der Waals surface area contributed by atoms with E-state index in [1.54, 1.807) is 25.4 Å². The number of fused-ring (bicyclic) bond motifs is 1. The third-order valence-corrected chi connectivity index (χ3v) is 9.38. The van der Waals surface area contributed by atoms with Crippen LogP contribution in [0.3, 0.4) is 0 Å². The molecule has 3 aliphatic rings. The van der Waals surface area contributed by atoms with E-state index in [0.717, 1.165) is 55.1 Å². The first-order valence-electron chi connectivity index (χ1n) is 14.5. The predicted molar refractivity (Wildman–Crippen MR) is 161 cm³/mol. The number of anilines is 1. The van der Waals surface area contributed by atoms with Crippen LogP contribution in [-0.4, -0.2) is 40.8 Å². The fraction of sp³-hybridized carbons (Fsp3) is 0.375. The maximum atomic E-state index is 14.1. The number of carbonyl (C=O) groups is 1. The number of hydrogen-bond donors (Lipinski definition) is 0. The van der Waals surface area contributed by atoms with Crippen molar-refractivity contribution < 1.29 is 27.2 Å². The average molecular weight is 643 g/mol.